The number of fused-ring (bicyclic) bond motifs is 1. The number of methoxy groups -OCH3 is 1. The molecule has 0 aliphatic carbocycles. The van der Waals surface area contributed by atoms with Crippen molar-refractivity contribution in [2.45, 2.75) is 25.9 Å². The molecule has 0 saturated carbocycles. The van der Waals surface area contributed by atoms with Gasteiger partial charge in [0.05, 0.1) is 24.8 Å². The van der Waals surface area contributed by atoms with Crippen molar-refractivity contribution in [3.05, 3.63) is 41.6 Å². The topological polar surface area (TPSA) is 60.5 Å². The number of furan rings is 1. The van der Waals surface area contributed by atoms with Crippen molar-refractivity contribution in [2.24, 2.45) is 0 Å². The lowest BCUT2D eigenvalue weighted by Gasteiger charge is -2.32. The average Bonchev–Trinajstić information content (AvgIpc) is 3.16. The van der Waals surface area contributed by atoms with E-state index < -0.39 is 0 Å². The summed E-state index contributed by atoms with van der Waals surface area (Å²) < 4.78 is 12.5. The Hall–Kier alpha value is -2.08. The highest BCUT2D eigenvalue weighted by molar-refractivity contribution is 5.91. The van der Waals surface area contributed by atoms with Crippen molar-refractivity contribution in [3.8, 4) is 0 Å². The van der Waals surface area contributed by atoms with Crippen LogP contribution in [0.1, 0.15) is 34.7 Å². The van der Waals surface area contributed by atoms with Gasteiger partial charge in [0, 0.05) is 38.2 Å². The molecule has 1 aliphatic heterocycles. The maximum atomic E-state index is 12.5. The van der Waals surface area contributed by atoms with Crippen molar-refractivity contribution in [2.75, 3.05) is 20.3 Å². The number of carbonyl (C=O) groups excluding carboxylic acids is 1. The quantitative estimate of drug-likeness (QED) is 0.862. The fraction of sp³-hybridized carbons (Fsp3) is 0.467. The second-order valence-corrected chi connectivity index (χ2v) is 5.19. The minimum Gasteiger partial charge on any atom is -0.459 e. The van der Waals surface area contributed by atoms with Crippen LogP contribution in [0.3, 0.4) is 0 Å². The predicted octanol–water partition coefficient (Wildman–Crippen LogP) is 1.88. The predicted molar refractivity (Wildman–Crippen MR) is 76.0 cm³/mol. The van der Waals surface area contributed by atoms with Crippen molar-refractivity contribution >= 4 is 5.91 Å². The van der Waals surface area contributed by atoms with Crippen LogP contribution in [-0.2, 0) is 17.8 Å². The van der Waals surface area contributed by atoms with Crippen LogP contribution in [0.2, 0.25) is 0 Å². The fourth-order valence-electron chi connectivity index (χ4n) is 2.95. The number of carbonyl (C=O) groups is 1. The number of hydrogen-bond donors (Lipinski definition) is 0. The molecular formula is C15H19N3O3. The molecule has 1 aliphatic rings. The second kappa shape index (κ2) is 5.73. The number of ether oxygens (including phenoxy) is 1. The van der Waals surface area contributed by atoms with Gasteiger partial charge in [-0.05, 0) is 19.1 Å². The van der Waals surface area contributed by atoms with Crippen LogP contribution in [0.15, 0.2) is 29.0 Å². The highest BCUT2D eigenvalue weighted by Gasteiger charge is 2.32. The molecule has 0 bridgehead atoms. The summed E-state index contributed by atoms with van der Waals surface area (Å²) in [4.78, 5) is 14.3. The first kappa shape index (κ1) is 13.9. The standard InChI is InChI=1S/C15H19N3O3/c1-3-18-14-11(7-16-18)8-17(9-12(14)10-20-2)15(19)13-5-4-6-21-13/h4-7,12H,3,8-10H2,1-2H3/t12-/m1/s1. The van der Waals surface area contributed by atoms with Gasteiger partial charge < -0.3 is 14.1 Å². The highest BCUT2D eigenvalue weighted by atomic mass is 16.5. The van der Waals surface area contributed by atoms with Crippen molar-refractivity contribution < 1.29 is 13.9 Å². The van der Waals surface area contributed by atoms with Crippen LogP contribution in [-0.4, -0.2) is 40.8 Å². The minimum absolute atomic E-state index is 0.0870. The molecule has 0 radical (unpaired) electrons. The second-order valence-electron chi connectivity index (χ2n) is 5.19. The van der Waals surface area contributed by atoms with Crippen LogP contribution in [0.25, 0.3) is 0 Å². The van der Waals surface area contributed by atoms with E-state index in [9.17, 15) is 4.79 Å². The largest absolute Gasteiger partial charge is 0.459 e. The van der Waals surface area contributed by atoms with Crippen LogP contribution in [0.4, 0.5) is 0 Å². The third-order valence-electron chi connectivity index (χ3n) is 3.84. The first-order valence-corrected chi connectivity index (χ1v) is 7.10. The Balaban J connectivity index is 1.89. The summed E-state index contributed by atoms with van der Waals surface area (Å²) in [6, 6.07) is 3.42. The molecule has 6 nitrogen and oxygen atoms in total. The van der Waals surface area contributed by atoms with Crippen LogP contribution in [0, 0.1) is 0 Å². The summed E-state index contributed by atoms with van der Waals surface area (Å²) in [6.07, 6.45) is 3.37. The van der Waals surface area contributed by atoms with E-state index in [1.54, 1.807) is 24.1 Å². The number of hydrogen-bond acceptors (Lipinski definition) is 4. The van der Waals surface area contributed by atoms with Gasteiger partial charge in [-0.3, -0.25) is 9.48 Å². The first-order chi connectivity index (χ1) is 10.2. The number of aromatic nitrogens is 2. The summed E-state index contributed by atoms with van der Waals surface area (Å²) in [5, 5.41) is 4.41. The zero-order valence-corrected chi connectivity index (χ0v) is 12.3. The molecule has 6 heteroatoms. The molecule has 0 N–H and O–H groups in total. The first-order valence-electron chi connectivity index (χ1n) is 7.10. The number of aryl methyl sites for hydroxylation is 1. The van der Waals surface area contributed by atoms with Gasteiger partial charge in [-0.15, -0.1) is 0 Å². The Morgan fingerprint density at radius 3 is 3.10 bits per heavy atom. The number of rotatable bonds is 4. The summed E-state index contributed by atoms with van der Waals surface area (Å²) in [6.45, 7) is 4.64. The van der Waals surface area contributed by atoms with E-state index in [1.807, 2.05) is 10.9 Å². The lowest BCUT2D eigenvalue weighted by molar-refractivity contribution is 0.0644. The van der Waals surface area contributed by atoms with E-state index in [0.29, 0.717) is 25.5 Å². The van der Waals surface area contributed by atoms with Crippen LogP contribution < -0.4 is 0 Å². The molecule has 1 amide bonds. The van der Waals surface area contributed by atoms with Gasteiger partial charge in [0.2, 0.25) is 0 Å². The number of amides is 1. The fourth-order valence-corrected chi connectivity index (χ4v) is 2.95. The minimum atomic E-state index is -0.0870. The van der Waals surface area contributed by atoms with Gasteiger partial charge in [0.25, 0.3) is 5.91 Å². The maximum Gasteiger partial charge on any atom is 0.289 e. The maximum absolute atomic E-state index is 12.5. The summed E-state index contributed by atoms with van der Waals surface area (Å²) in [5.41, 5.74) is 2.27. The van der Waals surface area contributed by atoms with Gasteiger partial charge >= 0.3 is 0 Å². The van der Waals surface area contributed by atoms with E-state index >= 15 is 0 Å². The molecule has 21 heavy (non-hydrogen) atoms. The van der Waals surface area contributed by atoms with E-state index in [-0.39, 0.29) is 11.8 Å². The molecular weight excluding hydrogens is 270 g/mol. The Bertz CT molecular complexity index is 618. The molecule has 2 aromatic rings. The normalized spacial score (nSPS) is 17.8. The average molecular weight is 289 g/mol. The molecule has 0 unspecified atom stereocenters. The van der Waals surface area contributed by atoms with Crippen LogP contribution >= 0.6 is 0 Å². The molecule has 0 spiro atoms. The van der Waals surface area contributed by atoms with Gasteiger partial charge in [-0.2, -0.15) is 5.10 Å². The Morgan fingerprint density at radius 2 is 2.43 bits per heavy atom. The molecule has 2 aromatic heterocycles. The van der Waals surface area contributed by atoms with Crippen molar-refractivity contribution in [1.82, 2.24) is 14.7 Å². The molecule has 3 rings (SSSR count). The van der Waals surface area contributed by atoms with E-state index in [4.69, 9.17) is 9.15 Å². The zero-order valence-electron chi connectivity index (χ0n) is 12.3. The number of nitrogens with zero attached hydrogens (tertiary/aromatic N) is 3. The zero-order chi connectivity index (χ0) is 14.8. The Labute approximate surface area is 123 Å². The lowest BCUT2D eigenvalue weighted by Crippen LogP contribution is -2.39. The Morgan fingerprint density at radius 1 is 1.57 bits per heavy atom. The molecule has 0 aromatic carbocycles. The monoisotopic (exact) mass is 289 g/mol. The Kier molecular flexibility index (Phi) is 3.79. The molecule has 0 fully saturated rings. The third kappa shape index (κ3) is 2.47. The summed E-state index contributed by atoms with van der Waals surface area (Å²) in [5.74, 6) is 0.425. The lowest BCUT2D eigenvalue weighted by atomic mass is 9.96. The van der Waals surface area contributed by atoms with Gasteiger partial charge in [0.15, 0.2) is 5.76 Å². The van der Waals surface area contributed by atoms with Gasteiger partial charge in [-0.1, -0.05) is 0 Å². The summed E-state index contributed by atoms with van der Waals surface area (Å²) in [7, 11) is 1.68. The molecule has 3 heterocycles. The molecule has 112 valence electrons. The SMILES string of the molecule is CCn1ncc2c1[C@@H](COC)CN(C(=O)c1ccco1)C2. The van der Waals surface area contributed by atoms with E-state index in [1.165, 1.54) is 12.0 Å². The van der Waals surface area contributed by atoms with E-state index in [0.717, 1.165) is 12.1 Å². The smallest absolute Gasteiger partial charge is 0.289 e. The van der Waals surface area contributed by atoms with Crippen LogP contribution in [0.5, 0.6) is 0 Å². The third-order valence-corrected chi connectivity index (χ3v) is 3.84. The van der Waals surface area contributed by atoms with Crippen molar-refractivity contribution in [1.29, 1.82) is 0 Å². The van der Waals surface area contributed by atoms with Gasteiger partial charge in [0.1, 0.15) is 0 Å². The van der Waals surface area contributed by atoms with E-state index in [2.05, 4.69) is 12.0 Å². The van der Waals surface area contributed by atoms with Gasteiger partial charge in [-0.25, -0.2) is 0 Å². The molecule has 1 atom stereocenters. The van der Waals surface area contributed by atoms with Crippen molar-refractivity contribution in [3.63, 3.8) is 0 Å². The molecule has 0 saturated heterocycles. The highest BCUT2D eigenvalue weighted by Crippen LogP contribution is 2.29. The summed E-state index contributed by atoms with van der Waals surface area (Å²) >= 11 is 0.